The Hall–Kier alpha value is -1.92. The largest absolute Gasteiger partial charge is 0.424 e. The van der Waals surface area contributed by atoms with Gasteiger partial charge in [-0.25, -0.2) is 9.97 Å². The summed E-state index contributed by atoms with van der Waals surface area (Å²) in [6.45, 7) is 0. The number of aromatic nitrogens is 2. The first kappa shape index (κ1) is 13.5. The fourth-order valence-electron chi connectivity index (χ4n) is 1.27. The molecule has 8 heteroatoms. The van der Waals surface area contributed by atoms with Gasteiger partial charge in [0.1, 0.15) is 10.8 Å². The molecule has 0 radical (unpaired) electrons. The molecule has 0 saturated heterocycles. The molecule has 0 aliphatic rings. The highest BCUT2D eigenvalue weighted by Crippen LogP contribution is 2.29. The summed E-state index contributed by atoms with van der Waals surface area (Å²) in [7, 11) is 0. The van der Waals surface area contributed by atoms with Gasteiger partial charge in [0.25, 0.3) is 5.69 Å². The van der Waals surface area contributed by atoms with Crippen LogP contribution in [0.1, 0.15) is 5.56 Å². The molecule has 1 heterocycles. The van der Waals surface area contributed by atoms with Crippen molar-refractivity contribution >= 4 is 28.9 Å². The van der Waals surface area contributed by atoms with Crippen LogP contribution in [-0.2, 0) is 5.88 Å². The fraction of sp³-hybridized carbons (Fsp3) is 0.0909. The highest BCUT2D eigenvalue weighted by molar-refractivity contribution is 6.32. The van der Waals surface area contributed by atoms with Crippen molar-refractivity contribution in [3.8, 4) is 11.8 Å². The minimum absolute atomic E-state index is 0.0140. The number of nitro benzene ring substituents is 1. The summed E-state index contributed by atoms with van der Waals surface area (Å²) in [5.74, 6) is 0.623. The number of nitro groups is 1. The average molecular weight is 300 g/mol. The van der Waals surface area contributed by atoms with Crippen molar-refractivity contribution in [3.63, 3.8) is 0 Å². The first-order valence-electron chi connectivity index (χ1n) is 5.09. The minimum Gasteiger partial charge on any atom is -0.424 e. The van der Waals surface area contributed by atoms with Crippen molar-refractivity contribution in [2.24, 2.45) is 0 Å². The second-order valence-corrected chi connectivity index (χ2v) is 4.15. The van der Waals surface area contributed by atoms with Gasteiger partial charge < -0.3 is 4.74 Å². The van der Waals surface area contributed by atoms with Crippen LogP contribution in [0.3, 0.4) is 0 Å². The Morgan fingerprint density at radius 2 is 2.00 bits per heavy atom. The van der Waals surface area contributed by atoms with Crippen LogP contribution in [-0.4, -0.2) is 14.9 Å². The normalized spacial score (nSPS) is 10.2. The van der Waals surface area contributed by atoms with E-state index in [1.54, 1.807) is 0 Å². The number of hydrogen-bond acceptors (Lipinski definition) is 5. The minimum atomic E-state index is -0.572. The molecule has 1 aromatic carbocycles. The van der Waals surface area contributed by atoms with Gasteiger partial charge in [0.05, 0.1) is 10.8 Å². The third-order valence-electron chi connectivity index (χ3n) is 2.16. The van der Waals surface area contributed by atoms with Crippen LogP contribution in [0.25, 0.3) is 0 Å². The molecule has 0 fully saturated rings. The van der Waals surface area contributed by atoms with E-state index in [2.05, 4.69) is 9.97 Å². The molecule has 19 heavy (non-hydrogen) atoms. The van der Waals surface area contributed by atoms with Gasteiger partial charge in [0.2, 0.25) is 0 Å². The van der Waals surface area contributed by atoms with Crippen LogP contribution < -0.4 is 4.74 Å². The summed E-state index contributed by atoms with van der Waals surface area (Å²) < 4.78 is 5.32. The van der Waals surface area contributed by atoms with Crippen molar-refractivity contribution in [2.75, 3.05) is 0 Å². The Balaban J connectivity index is 2.18. The van der Waals surface area contributed by atoms with Gasteiger partial charge in [0.15, 0.2) is 0 Å². The van der Waals surface area contributed by atoms with Gasteiger partial charge in [-0.05, 0) is 6.07 Å². The summed E-state index contributed by atoms with van der Waals surface area (Å²) in [6, 6.07) is 4.12. The lowest BCUT2D eigenvalue weighted by atomic mass is 10.3. The maximum absolute atomic E-state index is 10.6. The molecule has 1 aromatic heterocycles. The zero-order valence-electron chi connectivity index (χ0n) is 9.42. The van der Waals surface area contributed by atoms with Crippen LogP contribution in [0, 0.1) is 10.1 Å². The zero-order valence-corrected chi connectivity index (χ0v) is 10.9. The Bertz CT molecular complexity index is 605. The van der Waals surface area contributed by atoms with Crippen molar-refractivity contribution in [1.29, 1.82) is 0 Å². The molecule has 2 rings (SSSR count). The zero-order chi connectivity index (χ0) is 13.8. The van der Waals surface area contributed by atoms with E-state index in [0.717, 1.165) is 5.56 Å². The van der Waals surface area contributed by atoms with Crippen molar-refractivity contribution in [3.05, 3.63) is 51.3 Å². The first-order chi connectivity index (χ1) is 9.10. The maximum Gasteiger partial charge on any atom is 0.321 e. The average Bonchev–Trinajstić information content (AvgIpc) is 2.39. The van der Waals surface area contributed by atoms with Crippen LogP contribution in [0.4, 0.5) is 5.69 Å². The number of nitrogens with zero attached hydrogens (tertiary/aromatic N) is 3. The van der Waals surface area contributed by atoms with Crippen LogP contribution in [0.2, 0.25) is 5.02 Å². The smallest absolute Gasteiger partial charge is 0.321 e. The molecule has 0 aliphatic carbocycles. The molecule has 98 valence electrons. The van der Waals surface area contributed by atoms with E-state index in [1.165, 1.54) is 30.6 Å². The summed E-state index contributed by atoms with van der Waals surface area (Å²) in [6.07, 6.45) is 3.06. The third-order valence-corrected chi connectivity index (χ3v) is 2.77. The van der Waals surface area contributed by atoms with Crippen LogP contribution >= 0.6 is 23.2 Å². The van der Waals surface area contributed by atoms with E-state index in [0.29, 0.717) is 11.6 Å². The number of ether oxygens (including phenoxy) is 1. The Kier molecular flexibility index (Phi) is 4.13. The summed E-state index contributed by atoms with van der Waals surface area (Å²) in [5.41, 5.74) is 0.572. The first-order valence-corrected chi connectivity index (χ1v) is 6.00. The van der Waals surface area contributed by atoms with E-state index in [4.69, 9.17) is 27.9 Å². The molecule has 0 unspecified atom stereocenters. The SMILES string of the molecule is O=[N+]([O-])c1ccc(Oc2ncc(CCl)cn2)cc1Cl. The topological polar surface area (TPSA) is 78.2 Å². The molecule has 6 nitrogen and oxygen atoms in total. The molecule has 0 aliphatic heterocycles. The van der Waals surface area contributed by atoms with E-state index in [9.17, 15) is 10.1 Å². The van der Waals surface area contributed by atoms with E-state index in [-0.39, 0.29) is 16.7 Å². The maximum atomic E-state index is 10.6. The van der Waals surface area contributed by atoms with Gasteiger partial charge in [-0.1, -0.05) is 11.6 Å². The van der Waals surface area contributed by atoms with Crippen molar-refractivity contribution in [2.45, 2.75) is 5.88 Å². The standard InChI is InChI=1S/C11H7Cl2N3O3/c12-4-7-5-14-11(15-6-7)19-8-1-2-10(16(17)18)9(13)3-8/h1-3,5-6H,4H2. The second kappa shape index (κ2) is 5.81. The van der Waals surface area contributed by atoms with Crippen molar-refractivity contribution < 1.29 is 9.66 Å². The fourth-order valence-corrected chi connectivity index (χ4v) is 1.65. The summed E-state index contributed by atoms with van der Waals surface area (Å²) in [5, 5.41) is 10.6. The van der Waals surface area contributed by atoms with E-state index in [1.807, 2.05) is 0 Å². The van der Waals surface area contributed by atoms with Gasteiger partial charge in [-0.15, -0.1) is 11.6 Å². The van der Waals surface area contributed by atoms with Gasteiger partial charge >= 0.3 is 6.01 Å². The molecular weight excluding hydrogens is 293 g/mol. The highest BCUT2D eigenvalue weighted by atomic mass is 35.5. The predicted molar refractivity (Wildman–Crippen MR) is 69.8 cm³/mol. The molecule has 0 N–H and O–H groups in total. The van der Waals surface area contributed by atoms with Crippen molar-refractivity contribution in [1.82, 2.24) is 9.97 Å². The number of hydrogen-bond donors (Lipinski definition) is 0. The second-order valence-electron chi connectivity index (χ2n) is 3.48. The number of halogens is 2. The monoisotopic (exact) mass is 299 g/mol. The summed E-state index contributed by atoms with van der Waals surface area (Å²) in [4.78, 5) is 17.9. The Morgan fingerprint density at radius 3 is 2.53 bits per heavy atom. The lowest BCUT2D eigenvalue weighted by molar-refractivity contribution is -0.384. The van der Waals surface area contributed by atoms with Crippen LogP contribution in [0.5, 0.6) is 11.8 Å². The molecule has 0 atom stereocenters. The van der Waals surface area contributed by atoms with E-state index < -0.39 is 4.92 Å². The van der Waals surface area contributed by atoms with Gasteiger partial charge in [-0.2, -0.15) is 0 Å². The lowest BCUT2D eigenvalue weighted by Crippen LogP contribution is -1.94. The highest BCUT2D eigenvalue weighted by Gasteiger charge is 2.13. The molecule has 0 saturated carbocycles. The quantitative estimate of drug-likeness (QED) is 0.490. The third kappa shape index (κ3) is 3.30. The molecule has 0 amide bonds. The van der Waals surface area contributed by atoms with Crippen LogP contribution in [0.15, 0.2) is 30.6 Å². The number of rotatable bonds is 4. The Morgan fingerprint density at radius 1 is 1.32 bits per heavy atom. The lowest BCUT2D eigenvalue weighted by Gasteiger charge is -2.04. The molecule has 2 aromatic rings. The molecule has 0 bridgehead atoms. The summed E-state index contributed by atoms with van der Waals surface area (Å²) >= 11 is 11.4. The number of benzene rings is 1. The molecular formula is C11H7Cl2N3O3. The predicted octanol–water partition coefficient (Wildman–Crippen LogP) is 3.57. The van der Waals surface area contributed by atoms with Gasteiger partial charge in [0, 0.05) is 30.1 Å². The van der Waals surface area contributed by atoms with E-state index >= 15 is 0 Å². The van der Waals surface area contributed by atoms with Gasteiger partial charge in [-0.3, -0.25) is 10.1 Å². The Labute approximate surface area is 118 Å². The number of alkyl halides is 1. The molecule has 0 spiro atoms.